The summed E-state index contributed by atoms with van der Waals surface area (Å²) in [6.45, 7) is 0. The first-order valence-electron chi connectivity index (χ1n) is 8.39. The summed E-state index contributed by atoms with van der Waals surface area (Å²) < 4.78 is 1.38. The van der Waals surface area contributed by atoms with Crippen LogP contribution in [-0.4, -0.2) is 32.8 Å². The van der Waals surface area contributed by atoms with Crippen LogP contribution < -0.4 is 5.32 Å². The van der Waals surface area contributed by atoms with Gasteiger partial charge in [-0.2, -0.15) is 5.10 Å². The van der Waals surface area contributed by atoms with E-state index in [0.717, 1.165) is 0 Å². The molecule has 1 aromatic heterocycles. The van der Waals surface area contributed by atoms with Gasteiger partial charge in [-0.1, -0.05) is 47.5 Å². The second-order valence-corrected chi connectivity index (χ2v) is 7.09. The van der Waals surface area contributed by atoms with E-state index in [4.69, 9.17) is 23.2 Å². The minimum atomic E-state index is -1.25. The molecule has 0 aliphatic heterocycles. The van der Waals surface area contributed by atoms with Gasteiger partial charge in [-0.05, 0) is 41.5 Å². The number of carbonyl (C=O) groups excluding carboxylic acids is 1. The summed E-state index contributed by atoms with van der Waals surface area (Å²) in [6, 6.07) is 14.0. The zero-order chi connectivity index (χ0) is 20.3. The maximum Gasteiger partial charge on any atom is 0.327 e. The monoisotopic (exact) mass is 417 g/mol. The Hall–Kier alpha value is -2.83. The molecule has 1 atom stereocenters. The molecule has 0 aliphatic carbocycles. The molecule has 0 bridgehead atoms. The van der Waals surface area contributed by atoms with Crippen molar-refractivity contribution >= 4 is 35.1 Å². The fraction of sp³-hybridized carbons (Fsp3) is 0.150. The van der Waals surface area contributed by atoms with Crippen molar-refractivity contribution in [1.82, 2.24) is 15.1 Å². The number of rotatable bonds is 6. The molecule has 0 aliphatic rings. The minimum Gasteiger partial charge on any atom is -0.480 e. The van der Waals surface area contributed by atoms with Crippen molar-refractivity contribution in [2.45, 2.75) is 12.0 Å². The summed E-state index contributed by atoms with van der Waals surface area (Å²) in [5.74, 6) is -2.42. The summed E-state index contributed by atoms with van der Waals surface area (Å²) in [6.07, 6.45) is 1.47. The van der Waals surface area contributed by atoms with Gasteiger partial charge in [-0.25, -0.2) is 4.79 Å². The fourth-order valence-electron chi connectivity index (χ4n) is 3.08. The second kappa shape index (κ2) is 8.46. The summed E-state index contributed by atoms with van der Waals surface area (Å²) in [5, 5.41) is 17.4. The number of aliphatic carboxylic acids is 1. The Bertz CT molecular complexity index is 974. The van der Waals surface area contributed by atoms with Crippen molar-refractivity contribution in [1.29, 1.82) is 0 Å². The van der Waals surface area contributed by atoms with Crippen molar-refractivity contribution in [3.8, 4) is 0 Å². The molecule has 28 heavy (non-hydrogen) atoms. The average molecular weight is 418 g/mol. The average Bonchev–Trinajstić information content (AvgIpc) is 3.07. The van der Waals surface area contributed by atoms with Gasteiger partial charge in [0.1, 0.15) is 11.7 Å². The molecule has 8 heteroatoms. The predicted molar refractivity (Wildman–Crippen MR) is 107 cm³/mol. The Morgan fingerprint density at radius 3 is 2.04 bits per heavy atom. The van der Waals surface area contributed by atoms with E-state index in [1.165, 1.54) is 16.9 Å². The highest BCUT2D eigenvalue weighted by molar-refractivity contribution is 6.31. The van der Waals surface area contributed by atoms with Gasteiger partial charge in [0, 0.05) is 29.2 Å². The van der Waals surface area contributed by atoms with Gasteiger partial charge in [0.05, 0.1) is 0 Å². The lowest BCUT2D eigenvalue weighted by Gasteiger charge is -2.26. The van der Waals surface area contributed by atoms with Crippen molar-refractivity contribution in [3.05, 3.63) is 87.7 Å². The fourth-order valence-corrected chi connectivity index (χ4v) is 3.47. The van der Waals surface area contributed by atoms with Crippen LogP contribution in [0.2, 0.25) is 10.0 Å². The van der Waals surface area contributed by atoms with Crippen LogP contribution in [0, 0.1) is 0 Å². The lowest BCUT2D eigenvalue weighted by Crippen LogP contribution is -2.45. The Labute approximate surface area is 171 Å². The number of aryl methyl sites for hydroxylation is 1. The lowest BCUT2D eigenvalue weighted by molar-refractivity contribution is -0.139. The molecule has 144 valence electrons. The van der Waals surface area contributed by atoms with E-state index in [0.29, 0.717) is 21.2 Å². The molecule has 0 saturated carbocycles. The molecular weight excluding hydrogens is 401 g/mol. The molecule has 1 amide bonds. The van der Waals surface area contributed by atoms with Gasteiger partial charge in [-0.15, -0.1) is 0 Å². The molecular formula is C20H17Cl2N3O3. The van der Waals surface area contributed by atoms with E-state index in [-0.39, 0.29) is 5.69 Å². The predicted octanol–water partition coefficient (Wildman–Crippen LogP) is 3.74. The number of hydrogen-bond acceptors (Lipinski definition) is 3. The smallest absolute Gasteiger partial charge is 0.327 e. The van der Waals surface area contributed by atoms with Gasteiger partial charge < -0.3 is 10.4 Å². The number of amides is 1. The van der Waals surface area contributed by atoms with Crippen LogP contribution in [0.1, 0.15) is 27.5 Å². The van der Waals surface area contributed by atoms with Crippen LogP contribution in [0.3, 0.4) is 0 Å². The van der Waals surface area contributed by atoms with Gasteiger partial charge >= 0.3 is 5.97 Å². The highest BCUT2D eigenvalue weighted by Crippen LogP contribution is 2.31. The maximum absolute atomic E-state index is 12.7. The summed E-state index contributed by atoms with van der Waals surface area (Å²) in [5.41, 5.74) is 1.54. The Balaban J connectivity index is 2.06. The quantitative estimate of drug-likeness (QED) is 0.639. The third kappa shape index (κ3) is 4.35. The van der Waals surface area contributed by atoms with Crippen LogP contribution in [-0.2, 0) is 11.8 Å². The Kier molecular flexibility index (Phi) is 6.02. The molecule has 3 aromatic rings. The Morgan fingerprint density at radius 1 is 1.04 bits per heavy atom. The number of nitrogens with one attached hydrogen (secondary N) is 1. The molecule has 1 unspecified atom stereocenters. The van der Waals surface area contributed by atoms with Crippen LogP contribution >= 0.6 is 23.2 Å². The number of hydrogen-bond donors (Lipinski definition) is 2. The molecule has 0 saturated heterocycles. The van der Waals surface area contributed by atoms with Gasteiger partial charge in [0.15, 0.2) is 0 Å². The Morgan fingerprint density at radius 2 is 1.61 bits per heavy atom. The molecule has 1 heterocycles. The molecule has 2 N–H and O–H groups in total. The number of halogens is 2. The number of carboxylic acid groups (broad SMARTS) is 1. The highest BCUT2D eigenvalue weighted by Gasteiger charge is 2.33. The van der Waals surface area contributed by atoms with Gasteiger partial charge in [0.25, 0.3) is 5.91 Å². The molecule has 0 fully saturated rings. The van der Waals surface area contributed by atoms with E-state index in [9.17, 15) is 14.7 Å². The van der Waals surface area contributed by atoms with Gasteiger partial charge in [0.2, 0.25) is 0 Å². The maximum atomic E-state index is 12.7. The highest BCUT2D eigenvalue weighted by atomic mass is 35.5. The van der Waals surface area contributed by atoms with Gasteiger partial charge in [-0.3, -0.25) is 9.48 Å². The van der Waals surface area contributed by atoms with Crippen LogP contribution in [0.15, 0.2) is 60.8 Å². The van der Waals surface area contributed by atoms with Crippen molar-refractivity contribution in [2.24, 2.45) is 7.05 Å². The SMILES string of the molecule is Cn1nccc1C(=O)NC(C(=O)O)C(c1cccc(Cl)c1)c1cccc(Cl)c1. The number of aromatic nitrogens is 2. The van der Waals surface area contributed by atoms with E-state index >= 15 is 0 Å². The third-order valence-corrected chi connectivity index (χ3v) is 4.83. The largest absolute Gasteiger partial charge is 0.480 e. The first-order valence-corrected chi connectivity index (χ1v) is 9.15. The van der Waals surface area contributed by atoms with E-state index in [2.05, 4.69) is 10.4 Å². The number of nitrogens with zero attached hydrogens (tertiary/aromatic N) is 2. The molecule has 3 rings (SSSR count). The molecule has 2 aromatic carbocycles. The number of carbonyl (C=O) groups is 2. The van der Waals surface area contributed by atoms with Crippen molar-refractivity contribution < 1.29 is 14.7 Å². The zero-order valence-corrected chi connectivity index (χ0v) is 16.4. The summed E-state index contributed by atoms with van der Waals surface area (Å²) in [4.78, 5) is 24.8. The minimum absolute atomic E-state index is 0.252. The third-order valence-electron chi connectivity index (χ3n) is 4.36. The molecule has 0 spiro atoms. The normalized spacial score (nSPS) is 12.0. The lowest BCUT2D eigenvalue weighted by atomic mass is 9.85. The number of benzene rings is 2. The standard InChI is InChI=1S/C20H17Cl2N3O3/c1-25-16(8-9-23-25)19(26)24-18(20(27)28)17(12-4-2-6-14(21)10-12)13-5-3-7-15(22)11-13/h2-11,17-18H,1H3,(H,24,26)(H,27,28). The summed E-state index contributed by atoms with van der Waals surface area (Å²) >= 11 is 12.3. The topological polar surface area (TPSA) is 84.2 Å². The van der Waals surface area contributed by atoms with E-state index in [1.54, 1.807) is 55.6 Å². The van der Waals surface area contributed by atoms with Crippen molar-refractivity contribution in [2.75, 3.05) is 0 Å². The van der Waals surface area contributed by atoms with E-state index < -0.39 is 23.8 Å². The second-order valence-electron chi connectivity index (χ2n) is 6.22. The first kappa shape index (κ1) is 19.9. The zero-order valence-electron chi connectivity index (χ0n) is 14.8. The van der Waals surface area contributed by atoms with Crippen LogP contribution in [0.4, 0.5) is 0 Å². The first-order chi connectivity index (χ1) is 13.4. The summed E-state index contributed by atoms with van der Waals surface area (Å²) in [7, 11) is 1.61. The van der Waals surface area contributed by atoms with Crippen molar-refractivity contribution in [3.63, 3.8) is 0 Å². The van der Waals surface area contributed by atoms with E-state index in [1.807, 2.05) is 0 Å². The van der Waals surface area contributed by atoms with Crippen LogP contribution in [0.25, 0.3) is 0 Å². The molecule has 0 radical (unpaired) electrons. The molecule has 6 nitrogen and oxygen atoms in total. The number of carboxylic acids is 1. The van der Waals surface area contributed by atoms with Crippen LogP contribution in [0.5, 0.6) is 0 Å².